The first kappa shape index (κ1) is 12.2. The van der Waals surface area contributed by atoms with Crippen molar-refractivity contribution < 1.29 is 0 Å². The molecule has 1 atom stereocenters. The summed E-state index contributed by atoms with van der Waals surface area (Å²) in [5.74, 6) is 0. The summed E-state index contributed by atoms with van der Waals surface area (Å²) in [6.07, 6.45) is 3.22. The van der Waals surface area contributed by atoms with Gasteiger partial charge in [0, 0.05) is 6.04 Å². The zero-order chi connectivity index (χ0) is 10.9. The van der Waals surface area contributed by atoms with E-state index >= 15 is 0 Å². The van der Waals surface area contributed by atoms with E-state index in [2.05, 4.69) is 36.5 Å². The molecule has 0 radical (unpaired) electrons. The fourth-order valence-corrected chi connectivity index (χ4v) is 1.61. The van der Waals surface area contributed by atoms with E-state index in [1.165, 1.54) is 12.0 Å². The van der Waals surface area contributed by atoms with Crippen LogP contribution in [-0.4, -0.2) is 19.1 Å². The Morgan fingerprint density at radius 3 is 2.60 bits per heavy atom. The monoisotopic (exact) mass is 206 g/mol. The Balaban J connectivity index is 2.16. The zero-order valence-corrected chi connectivity index (χ0v) is 9.58. The predicted octanol–water partition coefficient (Wildman–Crippen LogP) is 1.95. The average Bonchev–Trinajstić information content (AvgIpc) is 2.26. The molecule has 0 amide bonds. The number of hydrogen-bond acceptors (Lipinski definition) is 2. The summed E-state index contributed by atoms with van der Waals surface area (Å²) in [6, 6.07) is 10.7. The molecule has 1 aromatic carbocycles. The van der Waals surface area contributed by atoms with Crippen molar-refractivity contribution in [3.8, 4) is 0 Å². The minimum absolute atomic E-state index is 0.275. The van der Waals surface area contributed by atoms with Gasteiger partial charge in [-0.2, -0.15) is 0 Å². The summed E-state index contributed by atoms with van der Waals surface area (Å²) in [6.45, 7) is 4.30. The lowest BCUT2D eigenvalue weighted by Crippen LogP contribution is -2.28. The standard InChI is InChI=1S/C13H22N2/c1-2-9-15-10-8-13(14)11-12-6-4-3-5-7-12/h3-7,13,15H,2,8-11,14H2,1H3. The summed E-state index contributed by atoms with van der Waals surface area (Å²) in [5, 5.41) is 3.37. The fraction of sp³-hybridized carbons (Fsp3) is 0.538. The van der Waals surface area contributed by atoms with Crippen molar-refractivity contribution in [2.75, 3.05) is 13.1 Å². The Bertz CT molecular complexity index is 246. The van der Waals surface area contributed by atoms with E-state index in [0.717, 1.165) is 25.9 Å². The molecule has 0 spiro atoms. The summed E-state index contributed by atoms with van der Waals surface area (Å²) in [5.41, 5.74) is 7.38. The third-order valence-electron chi connectivity index (χ3n) is 2.46. The Labute approximate surface area is 92.9 Å². The number of nitrogens with two attached hydrogens (primary N) is 1. The second kappa shape index (κ2) is 7.43. The van der Waals surface area contributed by atoms with Gasteiger partial charge >= 0.3 is 0 Å². The van der Waals surface area contributed by atoms with Crippen molar-refractivity contribution in [2.45, 2.75) is 32.2 Å². The molecule has 0 saturated carbocycles. The van der Waals surface area contributed by atoms with Crippen LogP contribution in [0.25, 0.3) is 0 Å². The van der Waals surface area contributed by atoms with Crippen LogP contribution in [0.15, 0.2) is 30.3 Å². The Hall–Kier alpha value is -0.860. The number of benzene rings is 1. The minimum atomic E-state index is 0.275. The normalized spacial score (nSPS) is 12.7. The van der Waals surface area contributed by atoms with Gasteiger partial charge in [0.15, 0.2) is 0 Å². The molecule has 84 valence electrons. The Kier molecular flexibility index (Phi) is 6.05. The first-order chi connectivity index (χ1) is 7.33. The van der Waals surface area contributed by atoms with E-state index in [4.69, 9.17) is 5.73 Å². The maximum absolute atomic E-state index is 6.05. The molecule has 3 N–H and O–H groups in total. The molecular formula is C13H22N2. The number of nitrogens with one attached hydrogen (secondary N) is 1. The lowest BCUT2D eigenvalue weighted by molar-refractivity contribution is 0.557. The van der Waals surface area contributed by atoms with E-state index in [-0.39, 0.29) is 6.04 Å². The van der Waals surface area contributed by atoms with E-state index in [0.29, 0.717) is 0 Å². The molecule has 15 heavy (non-hydrogen) atoms. The van der Waals surface area contributed by atoms with Crippen LogP contribution in [0, 0.1) is 0 Å². The highest BCUT2D eigenvalue weighted by Gasteiger charge is 2.02. The SMILES string of the molecule is CCCNCCC(N)Cc1ccccc1. The number of hydrogen-bond donors (Lipinski definition) is 2. The molecule has 0 aliphatic rings. The Morgan fingerprint density at radius 2 is 1.93 bits per heavy atom. The van der Waals surface area contributed by atoms with Crippen molar-refractivity contribution in [1.29, 1.82) is 0 Å². The van der Waals surface area contributed by atoms with Gasteiger partial charge in [-0.05, 0) is 37.9 Å². The predicted molar refractivity (Wildman–Crippen MR) is 65.9 cm³/mol. The molecule has 0 fully saturated rings. The van der Waals surface area contributed by atoms with E-state index in [9.17, 15) is 0 Å². The molecule has 1 unspecified atom stereocenters. The topological polar surface area (TPSA) is 38.0 Å². The van der Waals surface area contributed by atoms with Crippen LogP contribution in [0.1, 0.15) is 25.3 Å². The minimum Gasteiger partial charge on any atom is -0.327 e. The van der Waals surface area contributed by atoms with E-state index < -0.39 is 0 Å². The van der Waals surface area contributed by atoms with Crippen LogP contribution >= 0.6 is 0 Å². The second-order valence-electron chi connectivity index (χ2n) is 3.99. The maximum Gasteiger partial charge on any atom is 0.00914 e. The molecule has 0 aliphatic heterocycles. The van der Waals surface area contributed by atoms with Crippen molar-refractivity contribution in [1.82, 2.24) is 5.32 Å². The molecule has 1 rings (SSSR count). The van der Waals surface area contributed by atoms with Crippen LogP contribution in [0.5, 0.6) is 0 Å². The smallest absolute Gasteiger partial charge is 0.00914 e. The molecular weight excluding hydrogens is 184 g/mol. The van der Waals surface area contributed by atoms with Crippen LogP contribution in [-0.2, 0) is 6.42 Å². The van der Waals surface area contributed by atoms with Gasteiger partial charge < -0.3 is 11.1 Å². The molecule has 0 aromatic heterocycles. The van der Waals surface area contributed by atoms with Gasteiger partial charge in [-0.3, -0.25) is 0 Å². The highest BCUT2D eigenvalue weighted by atomic mass is 14.8. The highest BCUT2D eigenvalue weighted by Crippen LogP contribution is 2.03. The number of rotatable bonds is 7. The molecule has 0 bridgehead atoms. The summed E-state index contributed by atoms with van der Waals surface area (Å²) < 4.78 is 0. The fourth-order valence-electron chi connectivity index (χ4n) is 1.61. The van der Waals surface area contributed by atoms with Crippen LogP contribution in [0.4, 0.5) is 0 Å². The van der Waals surface area contributed by atoms with Crippen molar-refractivity contribution in [3.05, 3.63) is 35.9 Å². The van der Waals surface area contributed by atoms with Gasteiger partial charge in [0.1, 0.15) is 0 Å². The lowest BCUT2D eigenvalue weighted by atomic mass is 10.0. The first-order valence-electron chi connectivity index (χ1n) is 5.83. The molecule has 2 heteroatoms. The summed E-state index contributed by atoms with van der Waals surface area (Å²) in [7, 11) is 0. The molecule has 0 aliphatic carbocycles. The summed E-state index contributed by atoms with van der Waals surface area (Å²) in [4.78, 5) is 0. The third-order valence-corrected chi connectivity index (χ3v) is 2.46. The van der Waals surface area contributed by atoms with Crippen LogP contribution in [0.3, 0.4) is 0 Å². The van der Waals surface area contributed by atoms with Gasteiger partial charge in [-0.1, -0.05) is 37.3 Å². The third kappa shape index (κ3) is 5.55. The van der Waals surface area contributed by atoms with E-state index in [1.807, 2.05) is 6.07 Å². The van der Waals surface area contributed by atoms with Crippen LogP contribution < -0.4 is 11.1 Å². The van der Waals surface area contributed by atoms with E-state index in [1.54, 1.807) is 0 Å². The van der Waals surface area contributed by atoms with Crippen molar-refractivity contribution in [2.24, 2.45) is 5.73 Å². The summed E-state index contributed by atoms with van der Waals surface area (Å²) >= 11 is 0. The molecule has 2 nitrogen and oxygen atoms in total. The molecule has 1 aromatic rings. The lowest BCUT2D eigenvalue weighted by Gasteiger charge is -2.11. The van der Waals surface area contributed by atoms with Gasteiger partial charge in [0.2, 0.25) is 0 Å². The molecule has 0 heterocycles. The van der Waals surface area contributed by atoms with Gasteiger partial charge in [0.05, 0.1) is 0 Å². The van der Waals surface area contributed by atoms with Crippen molar-refractivity contribution >= 4 is 0 Å². The quantitative estimate of drug-likeness (QED) is 0.669. The maximum atomic E-state index is 6.05. The Morgan fingerprint density at radius 1 is 1.20 bits per heavy atom. The average molecular weight is 206 g/mol. The zero-order valence-electron chi connectivity index (χ0n) is 9.58. The van der Waals surface area contributed by atoms with Gasteiger partial charge in [-0.25, -0.2) is 0 Å². The van der Waals surface area contributed by atoms with Gasteiger partial charge in [-0.15, -0.1) is 0 Å². The first-order valence-corrected chi connectivity index (χ1v) is 5.83. The molecule has 0 saturated heterocycles. The van der Waals surface area contributed by atoms with Crippen LogP contribution in [0.2, 0.25) is 0 Å². The van der Waals surface area contributed by atoms with Gasteiger partial charge in [0.25, 0.3) is 0 Å². The largest absolute Gasteiger partial charge is 0.327 e. The second-order valence-corrected chi connectivity index (χ2v) is 3.99. The van der Waals surface area contributed by atoms with Crippen molar-refractivity contribution in [3.63, 3.8) is 0 Å². The highest BCUT2D eigenvalue weighted by molar-refractivity contribution is 5.15.